The van der Waals surface area contributed by atoms with E-state index in [-0.39, 0.29) is 0 Å². The zero-order chi connectivity index (χ0) is 16.1. The topological polar surface area (TPSA) is 64.9 Å². The summed E-state index contributed by atoms with van der Waals surface area (Å²) in [5, 5.41) is 4.17. The van der Waals surface area contributed by atoms with Crippen molar-refractivity contribution in [3.05, 3.63) is 59.4 Å². The van der Waals surface area contributed by atoms with Gasteiger partial charge in [0.25, 0.3) is 5.89 Å². The zero-order valence-corrected chi connectivity index (χ0v) is 13.5. The van der Waals surface area contributed by atoms with Crippen molar-refractivity contribution >= 4 is 0 Å². The molecule has 1 fully saturated rings. The molecular formula is C20H19N3O. The van der Waals surface area contributed by atoms with Crippen LogP contribution in [0.3, 0.4) is 0 Å². The second-order valence-electron chi connectivity index (χ2n) is 6.99. The zero-order valence-electron chi connectivity index (χ0n) is 13.5. The molecule has 0 atom stereocenters. The lowest BCUT2D eigenvalue weighted by atomic mass is 9.98. The monoisotopic (exact) mass is 317 g/mol. The first kappa shape index (κ1) is 13.9. The summed E-state index contributed by atoms with van der Waals surface area (Å²) in [6, 6.07) is 15.0. The van der Waals surface area contributed by atoms with Crippen LogP contribution in [0, 0.1) is 0 Å². The number of rotatable bonds is 2. The van der Waals surface area contributed by atoms with Crippen LogP contribution in [0.4, 0.5) is 0 Å². The normalized spacial score (nSPS) is 17.7. The Kier molecular flexibility index (Phi) is 2.91. The molecule has 2 N–H and O–H groups in total. The molecule has 0 amide bonds. The fourth-order valence-electron chi connectivity index (χ4n) is 4.05. The van der Waals surface area contributed by atoms with E-state index in [9.17, 15) is 0 Å². The van der Waals surface area contributed by atoms with Gasteiger partial charge >= 0.3 is 0 Å². The van der Waals surface area contributed by atoms with Crippen molar-refractivity contribution in [3.63, 3.8) is 0 Å². The SMILES string of the molecule is NC1(c2noc(-c3ccc4c(c3)Cc3ccccc3-4)n2)CCCC1. The van der Waals surface area contributed by atoms with Crippen LogP contribution >= 0.6 is 0 Å². The van der Waals surface area contributed by atoms with E-state index in [1.54, 1.807) is 0 Å². The highest BCUT2D eigenvalue weighted by atomic mass is 16.5. The van der Waals surface area contributed by atoms with Gasteiger partial charge in [-0.05, 0) is 53.6 Å². The maximum Gasteiger partial charge on any atom is 0.258 e. The van der Waals surface area contributed by atoms with Crippen molar-refractivity contribution in [1.82, 2.24) is 10.1 Å². The second kappa shape index (κ2) is 5.02. The lowest BCUT2D eigenvalue weighted by Crippen LogP contribution is -2.34. The molecular weight excluding hydrogens is 298 g/mol. The number of fused-ring (bicyclic) bond motifs is 3. The Labute approximate surface area is 140 Å². The quantitative estimate of drug-likeness (QED) is 0.606. The molecule has 0 spiro atoms. The molecule has 1 heterocycles. The summed E-state index contributed by atoms with van der Waals surface area (Å²) in [5.74, 6) is 1.22. The van der Waals surface area contributed by atoms with Gasteiger partial charge in [0, 0.05) is 5.56 Å². The number of hydrogen-bond acceptors (Lipinski definition) is 4. The average molecular weight is 317 g/mol. The minimum Gasteiger partial charge on any atom is -0.334 e. The summed E-state index contributed by atoms with van der Waals surface area (Å²) >= 11 is 0. The Morgan fingerprint density at radius 1 is 0.958 bits per heavy atom. The lowest BCUT2D eigenvalue weighted by Gasteiger charge is -2.17. The minimum absolute atomic E-state index is 0.408. The minimum atomic E-state index is -0.408. The molecule has 3 aromatic rings. The molecule has 0 saturated heterocycles. The molecule has 4 nitrogen and oxygen atoms in total. The Bertz CT molecular complexity index is 922. The fourth-order valence-corrected chi connectivity index (χ4v) is 4.05. The van der Waals surface area contributed by atoms with Gasteiger partial charge in [0.05, 0.1) is 5.54 Å². The molecule has 4 heteroatoms. The molecule has 1 aromatic heterocycles. The molecule has 0 aliphatic heterocycles. The molecule has 5 rings (SSSR count). The predicted molar refractivity (Wildman–Crippen MR) is 92.3 cm³/mol. The Morgan fingerprint density at radius 3 is 2.62 bits per heavy atom. The van der Waals surface area contributed by atoms with Crippen LogP contribution in [0.15, 0.2) is 47.0 Å². The van der Waals surface area contributed by atoms with Crippen molar-refractivity contribution in [1.29, 1.82) is 0 Å². The third-order valence-electron chi connectivity index (χ3n) is 5.41. The van der Waals surface area contributed by atoms with Gasteiger partial charge in [-0.2, -0.15) is 4.98 Å². The highest BCUT2D eigenvalue weighted by molar-refractivity contribution is 5.79. The fraction of sp³-hybridized carbons (Fsp3) is 0.300. The van der Waals surface area contributed by atoms with Gasteiger partial charge in [-0.3, -0.25) is 0 Å². The third-order valence-corrected chi connectivity index (χ3v) is 5.41. The molecule has 2 aromatic carbocycles. The molecule has 0 bridgehead atoms. The van der Waals surface area contributed by atoms with Crippen molar-refractivity contribution < 1.29 is 4.52 Å². The summed E-state index contributed by atoms with van der Waals surface area (Å²) in [5.41, 5.74) is 12.3. The molecule has 2 aliphatic rings. The number of nitrogens with two attached hydrogens (primary N) is 1. The maximum atomic E-state index is 6.43. The van der Waals surface area contributed by atoms with Gasteiger partial charge in [0.2, 0.25) is 0 Å². The van der Waals surface area contributed by atoms with Gasteiger partial charge < -0.3 is 10.3 Å². The van der Waals surface area contributed by atoms with Gasteiger partial charge in [0.1, 0.15) is 0 Å². The molecule has 24 heavy (non-hydrogen) atoms. The number of nitrogens with zero attached hydrogens (tertiary/aromatic N) is 2. The van der Waals surface area contributed by atoms with Gasteiger partial charge in [-0.15, -0.1) is 0 Å². The number of hydrogen-bond donors (Lipinski definition) is 1. The molecule has 2 aliphatic carbocycles. The second-order valence-corrected chi connectivity index (χ2v) is 6.99. The third kappa shape index (κ3) is 2.03. The van der Waals surface area contributed by atoms with Crippen LogP contribution in [0.1, 0.15) is 42.6 Å². The van der Waals surface area contributed by atoms with Crippen molar-refractivity contribution in [2.45, 2.75) is 37.6 Å². The van der Waals surface area contributed by atoms with Crippen LogP contribution in [0.2, 0.25) is 0 Å². The summed E-state index contributed by atoms with van der Waals surface area (Å²) < 4.78 is 5.52. The summed E-state index contributed by atoms with van der Waals surface area (Å²) in [6.07, 6.45) is 5.10. The Balaban J connectivity index is 1.51. The van der Waals surface area contributed by atoms with Crippen LogP contribution < -0.4 is 5.73 Å². The van der Waals surface area contributed by atoms with E-state index >= 15 is 0 Å². The van der Waals surface area contributed by atoms with Crippen molar-refractivity contribution in [3.8, 4) is 22.6 Å². The van der Waals surface area contributed by atoms with Crippen LogP contribution in [0.25, 0.3) is 22.6 Å². The van der Waals surface area contributed by atoms with Gasteiger partial charge in [-0.1, -0.05) is 48.3 Å². The van der Waals surface area contributed by atoms with E-state index in [0.29, 0.717) is 11.7 Å². The maximum absolute atomic E-state index is 6.43. The van der Waals surface area contributed by atoms with Gasteiger partial charge in [0.15, 0.2) is 5.82 Å². The standard InChI is InChI=1S/C20H19N3O/c21-20(9-3-4-10-20)19-22-18(24-23-19)14-7-8-17-15(12-14)11-13-5-1-2-6-16(13)17/h1-2,5-8,12H,3-4,9-11,21H2. The van der Waals surface area contributed by atoms with E-state index in [1.807, 2.05) is 0 Å². The van der Waals surface area contributed by atoms with E-state index in [0.717, 1.165) is 37.7 Å². The van der Waals surface area contributed by atoms with E-state index in [4.69, 9.17) is 10.3 Å². The number of benzene rings is 2. The average Bonchev–Trinajstić information content (AvgIpc) is 3.32. The number of aromatic nitrogens is 2. The summed E-state index contributed by atoms with van der Waals surface area (Å²) in [7, 11) is 0. The van der Waals surface area contributed by atoms with E-state index < -0.39 is 5.54 Å². The van der Waals surface area contributed by atoms with E-state index in [2.05, 4.69) is 52.6 Å². The van der Waals surface area contributed by atoms with Crippen molar-refractivity contribution in [2.24, 2.45) is 5.73 Å². The summed E-state index contributed by atoms with van der Waals surface area (Å²) in [6.45, 7) is 0. The van der Waals surface area contributed by atoms with Crippen LogP contribution in [-0.2, 0) is 12.0 Å². The van der Waals surface area contributed by atoms with Crippen LogP contribution in [-0.4, -0.2) is 10.1 Å². The van der Waals surface area contributed by atoms with Crippen LogP contribution in [0.5, 0.6) is 0 Å². The van der Waals surface area contributed by atoms with Gasteiger partial charge in [-0.25, -0.2) is 0 Å². The highest BCUT2D eigenvalue weighted by Gasteiger charge is 2.36. The smallest absolute Gasteiger partial charge is 0.258 e. The first-order chi connectivity index (χ1) is 11.7. The largest absolute Gasteiger partial charge is 0.334 e. The predicted octanol–water partition coefficient (Wildman–Crippen LogP) is 4.04. The Morgan fingerprint density at radius 2 is 1.75 bits per heavy atom. The molecule has 0 radical (unpaired) electrons. The lowest BCUT2D eigenvalue weighted by molar-refractivity contribution is 0.372. The molecule has 1 saturated carbocycles. The van der Waals surface area contributed by atoms with E-state index in [1.165, 1.54) is 22.3 Å². The molecule has 0 unspecified atom stereocenters. The molecule has 120 valence electrons. The first-order valence-electron chi connectivity index (χ1n) is 8.58. The first-order valence-corrected chi connectivity index (χ1v) is 8.58. The highest BCUT2D eigenvalue weighted by Crippen LogP contribution is 2.39. The Hall–Kier alpha value is -2.46. The summed E-state index contributed by atoms with van der Waals surface area (Å²) in [4.78, 5) is 4.61. The van der Waals surface area contributed by atoms with Crippen molar-refractivity contribution in [2.75, 3.05) is 0 Å².